The first kappa shape index (κ1) is 29.1. The van der Waals surface area contributed by atoms with Crippen LogP contribution in [0.5, 0.6) is 0 Å². The Bertz CT molecular complexity index is 1140. The van der Waals surface area contributed by atoms with E-state index >= 15 is 0 Å². The van der Waals surface area contributed by atoms with Crippen molar-refractivity contribution in [3.05, 3.63) is 121 Å². The van der Waals surface area contributed by atoms with Crippen molar-refractivity contribution in [3.8, 4) is 0 Å². The monoisotopic (exact) mass is 572 g/mol. The van der Waals surface area contributed by atoms with E-state index in [2.05, 4.69) is 121 Å². The zero-order valence-electron chi connectivity index (χ0n) is 23.6. The molecule has 5 rings (SSSR count). The smallest absolute Gasteiger partial charge is 0.220 e. The second-order valence-electron chi connectivity index (χ2n) is 10.2. The predicted octanol–water partition coefficient (Wildman–Crippen LogP) is 5.76. The Balaban J connectivity index is 1.55. The van der Waals surface area contributed by atoms with E-state index in [1.807, 2.05) is 13.8 Å². The molecule has 0 saturated carbocycles. The quantitative estimate of drug-likeness (QED) is 0.227. The Hall–Kier alpha value is -2.42. The van der Waals surface area contributed by atoms with Crippen LogP contribution in [0.25, 0.3) is 0 Å². The Morgan fingerprint density at radius 2 is 0.750 bits per heavy atom. The lowest BCUT2D eigenvalue weighted by Gasteiger charge is -2.53. The van der Waals surface area contributed by atoms with Crippen molar-refractivity contribution in [2.75, 3.05) is 26.5 Å². The second-order valence-corrected chi connectivity index (χ2v) is 14.7. The molecular weight excluding hydrogens is 534 g/mol. The third kappa shape index (κ3) is 6.24. The van der Waals surface area contributed by atoms with E-state index < -0.39 is 27.4 Å². The maximum atomic E-state index is 6.94. The zero-order chi connectivity index (χ0) is 28.0. The van der Waals surface area contributed by atoms with E-state index in [1.165, 1.54) is 21.2 Å². The van der Waals surface area contributed by atoms with Gasteiger partial charge in [0.25, 0.3) is 0 Å². The summed E-state index contributed by atoms with van der Waals surface area (Å²) in [6.45, 7) is 3.84. The van der Waals surface area contributed by atoms with Crippen molar-refractivity contribution in [1.82, 2.24) is 0 Å². The molecule has 0 spiro atoms. The van der Waals surface area contributed by atoms with Gasteiger partial charge in [0.1, 0.15) is 0 Å². The molecule has 0 N–H and O–H groups in total. The summed E-state index contributed by atoms with van der Waals surface area (Å²) in [5.74, 6) is -2.14. The molecular formula is C34H38O4P2. The van der Waals surface area contributed by atoms with Crippen molar-refractivity contribution in [2.45, 2.75) is 37.6 Å². The van der Waals surface area contributed by atoms with Crippen molar-refractivity contribution in [3.63, 3.8) is 0 Å². The van der Waals surface area contributed by atoms with Gasteiger partial charge in [0.2, 0.25) is 11.6 Å². The normalized spacial score (nSPS) is 24.9. The fourth-order valence-corrected chi connectivity index (χ4v) is 10.1. The SMILES string of the molecule is COC1(C)OC(CP(c2ccccc2)c2ccccc2)[C@@H](CP(c2ccccc2)c2ccccc2)O[C@]1(C)OC. The summed E-state index contributed by atoms with van der Waals surface area (Å²) in [4.78, 5) is 0. The van der Waals surface area contributed by atoms with Gasteiger partial charge in [-0.3, -0.25) is 0 Å². The van der Waals surface area contributed by atoms with E-state index in [0.717, 1.165) is 12.3 Å². The molecule has 1 saturated heterocycles. The van der Waals surface area contributed by atoms with Crippen molar-refractivity contribution < 1.29 is 18.9 Å². The van der Waals surface area contributed by atoms with Crippen LogP contribution in [0, 0.1) is 0 Å². The van der Waals surface area contributed by atoms with Crippen LogP contribution in [0.15, 0.2) is 121 Å². The highest BCUT2D eigenvalue weighted by molar-refractivity contribution is 7.73. The Kier molecular flexibility index (Phi) is 9.49. The van der Waals surface area contributed by atoms with Crippen molar-refractivity contribution in [1.29, 1.82) is 0 Å². The Labute approximate surface area is 241 Å². The summed E-state index contributed by atoms with van der Waals surface area (Å²) in [7, 11) is 1.91. The average molecular weight is 573 g/mol. The first-order valence-electron chi connectivity index (χ1n) is 13.7. The van der Waals surface area contributed by atoms with Crippen LogP contribution in [-0.4, -0.2) is 50.3 Å². The topological polar surface area (TPSA) is 36.9 Å². The van der Waals surface area contributed by atoms with Gasteiger partial charge in [-0.1, -0.05) is 121 Å². The van der Waals surface area contributed by atoms with E-state index in [0.29, 0.717) is 0 Å². The molecule has 208 valence electrons. The van der Waals surface area contributed by atoms with Crippen LogP contribution < -0.4 is 21.2 Å². The van der Waals surface area contributed by atoms with Gasteiger partial charge in [-0.05, 0) is 50.9 Å². The summed E-state index contributed by atoms with van der Waals surface area (Å²) >= 11 is 0. The van der Waals surface area contributed by atoms with E-state index in [4.69, 9.17) is 18.9 Å². The minimum Gasteiger partial charge on any atom is -0.349 e. The van der Waals surface area contributed by atoms with Crippen LogP contribution in [-0.2, 0) is 18.9 Å². The van der Waals surface area contributed by atoms with Gasteiger partial charge >= 0.3 is 0 Å². The third-order valence-electron chi connectivity index (χ3n) is 7.77. The molecule has 4 atom stereocenters. The number of hydrogen-bond acceptors (Lipinski definition) is 4. The Morgan fingerprint density at radius 3 is 0.975 bits per heavy atom. The number of ether oxygens (including phenoxy) is 4. The van der Waals surface area contributed by atoms with Gasteiger partial charge in [-0.2, -0.15) is 0 Å². The third-order valence-corrected chi connectivity index (χ3v) is 12.9. The first-order valence-corrected chi connectivity index (χ1v) is 16.7. The summed E-state index contributed by atoms with van der Waals surface area (Å²) in [6, 6.07) is 43.1. The molecule has 0 aromatic heterocycles. The zero-order valence-corrected chi connectivity index (χ0v) is 25.4. The molecule has 1 heterocycles. The van der Waals surface area contributed by atoms with E-state index in [9.17, 15) is 0 Å². The summed E-state index contributed by atoms with van der Waals surface area (Å²) in [5, 5.41) is 5.27. The predicted molar refractivity (Wildman–Crippen MR) is 168 cm³/mol. The van der Waals surface area contributed by atoms with Gasteiger partial charge in [-0.25, -0.2) is 0 Å². The van der Waals surface area contributed by atoms with Crippen LogP contribution in [0.1, 0.15) is 13.8 Å². The molecule has 0 aliphatic carbocycles. The fraction of sp³-hybridized carbons (Fsp3) is 0.294. The lowest BCUT2D eigenvalue weighted by molar-refractivity contribution is -0.442. The van der Waals surface area contributed by atoms with Gasteiger partial charge in [0.15, 0.2) is 0 Å². The highest BCUT2D eigenvalue weighted by atomic mass is 31.1. The highest BCUT2D eigenvalue weighted by Crippen LogP contribution is 2.47. The molecule has 1 aliphatic heterocycles. The fourth-order valence-electron chi connectivity index (χ4n) is 5.23. The second kappa shape index (κ2) is 13.0. The minimum absolute atomic E-state index is 0.211. The number of rotatable bonds is 10. The summed E-state index contributed by atoms with van der Waals surface area (Å²) in [6.07, 6.45) is 1.19. The molecule has 4 aromatic rings. The van der Waals surface area contributed by atoms with Gasteiger partial charge < -0.3 is 18.9 Å². The van der Waals surface area contributed by atoms with Crippen LogP contribution >= 0.6 is 15.8 Å². The molecule has 0 amide bonds. The Morgan fingerprint density at radius 1 is 0.500 bits per heavy atom. The van der Waals surface area contributed by atoms with Crippen LogP contribution in [0.2, 0.25) is 0 Å². The number of hydrogen-bond donors (Lipinski definition) is 0. The standard InChI is InChI=1S/C34H38O4P2/c1-33(35-3)34(2,36-4)38-32(26-40(29-21-13-7-14-22-29)30-23-15-8-16-24-30)31(37-33)25-39(27-17-9-5-10-18-27)28-19-11-6-12-20-28/h5-24,31-32H,25-26H2,1-4H3/t31-,32?,33+,34?/m1/s1. The molecule has 0 bridgehead atoms. The van der Waals surface area contributed by atoms with Gasteiger partial charge in [0.05, 0.1) is 12.2 Å². The molecule has 1 fully saturated rings. The molecule has 2 unspecified atom stereocenters. The highest BCUT2D eigenvalue weighted by Gasteiger charge is 2.57. The largest absolute Gasteiger partial charge is 0.349 e. The number of methoxy groups -OCH3 is 2. The molecule has 6 heteroatoms. The molecule has 4 aromatic carbocycles. The lowest BCUT2D eigenvalue weighted by atomic mass is 10.0. The van der Waals surface area contributed by atoms with E-state index in [1.54, 1.807) is 14.2 Å². The van der Waals surface area contributed by atoms with Crippen molar-refractivity contribution in [2.24, 2.45) is 0 Å². The van der Waals surface area contributed by atoms with E-state index in [-0.39, 0.29) is 12.2 Å². The van der Waals surface area contributed by atoms with Crippen LogP contribution in [0.3, 0.4) is 0 Å². The van der Waals surface area contributed by atoms with Crippen molar-refractivity contribution >= 4 is 37.1 Å². The minimum atomic E-state index is -1.07. The summed E-state index contributed by atoms with van der Waals surface area (Å²) in [5.41, 5.74) is 0. The van der Waals surface area contributed by atoms with Gasteiger partial charge in [0, 0.05) is 26.5 Å². The molecule has 0 radical (unpaired) electrons. The average Bonchev–Trinajstić information content (AvgIpc) is 3.02. The molecule has 4 nitrogen and oxygen atoms in total. The molecule has 40 heavy (non-hydrogen) atoms. The maximum Gasteiger partial charge on any atom is 0.220 e. The first-order chi connectivity index (χ1) is 19.5. The lowest BCUT2D eigenvalue weighted by Crippen LogP contribution is -2.66. The summed E-state index contributed by atoms with van der Waals surface area (Å²) < 4.78 is 25.8. The number of benzene rings is 4. The van der Waals surface area contributed by atoms with Gasteiger partial charge in [-0.15, -0.1) is 0 Å². The maximum absolute atomic E-state index is 6.94. The van der Waals surface area contributed by atoms with Crippen LogP contribution in [0.4, 0.5) is 0 Å². The molecule has 1 aliphatic rings.